The first-order chi connectivity index (χ1) is 8.27. The van der Waals surface area contributed by atoms with Gasteiger partial charge < -0.3 is 0 Å². The molecule has 4 nitrogen and oxygen atoms in total. The summed E-state index contributed by atoms with van der Waals surface area (Å²) in [6, 6.07) is 6.30. The fraction of sp³-hybridized carbons (Fsp3) is 0.250. The van der Waals surface area contributed by atoms with Gasteiger partial charge in [0.2, 0.25) is 0 Å². The number of aryl methyl sites for hydroxylation is 1. The van der Waals surface area contributed by atoms with Crippen LogP contribution in [0.25, 0.3) is 11.3 Å². The van der Waals surface area contributed by atoms with E-state index in [0.29, 0.717) is 24.1 Å². The SMILES string of the molecule is CCCn1nnc(C=O)c1-c1ccccc1F. The predicted molar refractivity (Wildman–Crippen MR) is 61.1 cm³/mol. The lowest BCUT2D eigenvalue weighted by atomic mass is 10.1. The quantitative estimate of drug-likeness (QED) is 0.761. The fourth-order valence-electron chi connectivity index (χ4n) is 1.70. The van der Waals surface area contributed by atoms with Gasteiger partial charge in [0.05, 0.1) is 0 Å². The molecular formula is C12H12FN3O. The molecule has 5 heteroatoms. The summed E-state index contributed by atoms with van der Waals surface area (Å²) in [4.78, 5) is 10.9. The molecule has 0 radical (unpaired) electrons. The molecule has 2 rings (SSSR count). The Hall–Kier alpha value is -2.04. The van der Waals surface area contributed by atoms with Crippen LogP contribution in [0.5, 0.6) is 0 Å². The summed E-state index contributed by atoms with van der Waals surface area (Å²) in [5, 5.41) is 7.61. The molecule has 1 aromatic carbocycles. The maximum Gasteiger partial charge on any atom is 0.172 e. The molecular weight excluding hydrogens is 221 g/mol. The van der Waals surface area contributed by atoms with E-state index in [1.165, 1.54) is 6.07 Å². The zero-order valence-corrected chi connectivity index (χ0v) is 9.43. The van der Waals surface area contributed by atoms with Crippen molar-refractivity contribution in [3.8, 4) is 11.3 Å². The van der Waals surface area contributed by atoms with Gasteiger partial charge in [-0.15, -0.1) is 5.10 Å². The second kappa shape index (κ2) is 4.86. The molecule has 88 valence electrons. The minimum atomic E-state index is -0.379. The molecule has 0 aliphatic carbocycles. The van der Waals surface area contributed by atoms with Crippen LogP contribution in [0, 0.1) is 5.82 Å². The summed E-state index contributed by atoms with van der Waals surface area (Å²) in [5.74, 6) is -0.379. The first-order valence-corrected chi connectivity index (χ1v) is 5.41. The van der Waals surface area contributed by atoms with Crippen molar-refractivity contribution in [2.24, 2.45) is 0 Å². The van der Waals surface area contributed by atoms with Crippen molar-refractivity contribution in [3.63, 3.8) is 0 Å². The Balaban J connectivity index is 2.60. The summed E-state index contributed by atoms with van der Waals surface area (Å²) in [6.07, 6.45) is 1.43. The Kier molecular flexibility index (Phi) is 3.27. The number of nitrogens with zero attached hydrogens (tertiary/aromatic N) is 3. The molecule has 0 unspecified atom stereocenters. The van der Waals surface area contributed by atoms with Crippen LogP contribution in [0.1, 0.15) is 23.8 Å². The molecule has 0 saturated heterocycles. The third-order valence-electron chi connectivity index (χ3n) is 2.44. The smallest absolute Gasteiger partial charge is 0.172 e. The molecule has 1 heterocycles. The van der Waals surface area contributed by atoms with E-state index in [2.05, 4.69) is 10.3 Å². The number of hydrogen-bond acceptors (Lipinski definition) is 3. The molecule has 0 amide bonds. The van der Waals surface area contributed by atoms with E-state index in [0.717, 1.165) is 6.42 Å². The van der Waals surface area contributed by atoms with Crippen LogP contribution in [0.3, 0.4) is 0 Å². The normalized spacial score (nSPS) is 10.5. The predicted octanol–water partition coefficient (Wildman–Crippen LogP) is 2.31. The van der Waals surface area contributed by atoms with Crippen molar-refractivity contribution in [2.45, 2.75) is 19.9 Å². The van der Waals surface area contributed by atoms with Crippen LogP contribution < -0.4 is 0 Å². The number of carbonyl (C=O) groups is 1. The van der Waals surface area contributed by atoms with Crippen LogP contribution in [-0.2, 0) is 6.54 Å². The van der Waals surface area contributed by atoms with E-state index < -0.39 is 0 Å². The number of halogens is 1. The summed E-state index contributed by atoms with van der Waals surface area (Å²) in [7, 11) is 0. The first-order valence-electron chi connectivity index (χ1n) is 5.41. The number of benzene rings is 1. The third kappa shape index (κ3) is 2.08. The lowest BCUT2D eigenvalue weighted by Gasteiger charge is -2.06. The van der Waals surface area contributed by atoms with E-state index in [1.54, 1.807) is 22.9 Å². The van der Waals surface area contributed by atoms with E-state index in [-0.39, 0.29) is 11.5 Å². The van der Waals surface area contributed by atoms with E-state index in [9.17, 15) is 9.18 Å². The van der Waals surface area contributed by atoms with Crippen LogP contribution in [0.2, 0.25) is 0 Å². The first kappa shape index (κ1) is 11.4. The molecule has 0 aliphatic heterocycles. The maximum atomic E-state index is 13.7. The van der Waals surface area contributed by atoms with Gasteiger partial charge in [-0.2, -0.15) is 0 Å². The standard InChI is InChI=1S/C12H12FN3O/c1-2-7-16-12(11(8-17)14-15-16)9-5-3-4-6-10(9)13/h3-6,8H,2,7H2,1H3. The highest BCUT2D eigenvalue weighted by Gasteiger charge is 2.16. The van der Waals surface area contributed by atoms with Gasteiger partial charge >= 0.3 is 0 Å². The summed E-state index contributed by atoms with van der Waals surface area (Å²) in [6.45, 7) is 2.58. The molecule has 2 aromatic rings. The van der Waals surface area contributed by atoms with Gasteiger partial charge in [0.15, 0.2) is 12.0 Å². The zero-order chi connectivity index (χ0) is 12.3. The van der Waals surface area contributed by atoms with Crippen molar-refractivity contribution < 1.29 is 9.18 Å². The van der Waals surface area contributed by atoms with Crippen LogP contribution in [0.4, 0.5) is 4.39 Å². The highest BCUT2D eigenvalue weighted by molar-refractivity contribution is 5.83. The van der Waals surface area contributed by atoms with Gasteiger partial charge in [-0.05, 0) is 18.6 Å². The number of hydrogen-bond donors (Lipinski definition) is 0. The van der Waals surface area contributed by atoms with E-state index in [1.807, 2.05) is 6.92 Å². The Morgan fingerprint density at radius 1 is 1.41 bits per heavy atom. The van der Waals surface area contributed by atoms with Crippen LogP contribution in [-0.4, -0.2) is 21.3 Å². The van der Waals surface area contributed by atoms with Crippen molar-refractivity contribution in [1.29, 1.82) is 0 Å². The maximum absolute atomic E-state index is 13.7. The van der Waals surface area contributed by atoms with Crippen molar-refractivity contribution in [2.75, 3.05) is 0 Å². The van der Waals surface area contributed by atoms with Gasteiger partial charge in [-0.1, -0.05) is 24.3 Å². The van der Waals surface area contributed by atoms with Gasteiger partial charge in [-0.25, -0.2) is 9.07 Å². The summed E-state index contributed by atoms with van der Waals surface area (Å²) < 4.78 is 15.3. The summed E-state index contributed by atoms with van der Waals surface area (Å²) in [5.41, 5.74) is 0.969. The second-order valence-corrected chi connectivity index (χ2v) is 3.64. The minimum absolute atomic E-state index is 0.170. The zero-order valence-electron chi connectivity index (χ0n) is 9.43. The molecule has 1 aromatic heterocycles. The van der Waals surface area contributed by atoms with Crippen molar-refractivity contribution in [1.82, 2.24) is 15.0 Å². The Morgan fingerprint density at radius 3 is 2.82 bits per heavy atom. The minimum Gasteiger partial charge on any atom is -0.296 e. The molecule has 0 atom stereocenters. The fourth-order valence-corrected chi connectivity index (χ4v) is 1.70. The number of rotatable bonds is 4. The number of aromatic nitrogens is 3. The van der Waals surface area contributed by atoms with E-state index >= 15 is 0 Å². The van der Waals surface area contributed by atoms with Crippen molar-refractivity contribution >= 4 is 6.29 Å². The lowest BCUT2D eigenvalue weighted by molar-refractivity contribution is 0.111. The molecule has 0 aliphatic rings. The molecule has 0 saturated carbocycles. The van der Waals surface area contributed by atoms with Gasteiger partial charge in [-0.3, -0.25) is 4.79 Å². The third-order valence-corrected chi connectivity index (χ3v) is 2.44. The largest absolute Gasteiger partial charge is 0.296 e. The molecule has 0 bridgehead atoms. The number of aldehydes is 1. The Labute approximate surface area is 98.1 Å². The van der Waals surface area contributed by atoms with Crippen LogP contribution >= 0.6 is 0 Å². The monoisotopic (exact) mass is 233 g/mol. The Morgan fingerprint density at radius 2 is 2.18 bits per heavy atom. The van der Waals surface area contributed by atoms with Gasteiger partial charge in [0.1, 0.15) is 11.5 Å². The highest BCUT2D eigenvalue weighted by atomic mass is 19.1. The van der Waals surface area contributed by atoms with Gasteiger partial charge in [0, 0.05) is 12.1 Å². The van der Waals surface area contributed by atoms with Crippen molar-refractivity contribution in [3.05, 3.63) is 35.8 Å². The summed E-state index contributed by atoms with van der Waals surface area (Å²) >= 11 is 0. The highest BCUT2D eigenvalue weighted by Crippen LogP contribution is 2.24. The molecule has 0 spiro atoms. The van der Waals surface area contributed by atoms with Crippen LogP contribution in [0.15, 0.2) is 24.3 Å². The average Bonchev–Trinajstić information content (AvgIpc) is 2.73. The van der Waals surface area contributed by atoms with Gasteiger partial charge in [0.25, 0.3) is 0 Å². The average molecular weight is 233 g/mol. The molecule has 0 fully saturated rings. The molecule has 0 N–H and O–H groups in total. The number of carbonyl (C=O) groups excluding carboxylic acids is 1. The lowest BCUT2D eigenvalue weighted by Crippen LogP contribution is -2.03. The van der Waals surface area contributed by atoms with E-state index in [4.69, 9.17) is 0 Å². The topological polar surface area (TPSA) is 47.8 Å². The Bertz CT molecular complexity index is 536. The second-order valence-electron chi connectivity index (χ2n) is 3.64. The molecule has 17 heavy (non-hydrogen) atoms.